The summed E-state index contributed by atoms with van der Waals surface area (Å²) in [5, 5.41) is 4.77. The Hall–Kier alpha value is -1.06. The Morgan fingerprint density at radius 2 is 1.68 bits per heavy atom. The Labute approximate surface area is 118 Å². The van der Waals surface area contributed by atoms with Gasteiger partial charge in [-0.25, -0.2) is 0 Å². The second-order valence-corrected chi connectivity index (χ2v) is 6.07. The average molecular weight is 267 g/mol. The highest BCUT2D eigenvalue weighted by Crippen LogP contribution is 2.10. The first-order valence-electron chi connectivity index (χ1n) is 7.67. The van der Waals surface area contributed by atoms with Crippen molar-refractivity contribution in [1.29, 1.82) is 0 Å². The van der Waals surface area contributed by atoms with Crippen LogP contribution in [0.15, 0.2) is 0 Å². The summed E-state index contributed by atoms with van der Waals surface area (Å²) in [5.41, 5.74) is 3.30. The van der Waals surface area contributed by atoms with Gasteiger partial charge in [-0.2, -0.15) is 0 Å². The van der Waals surface area contributed by atoms with E-state index in [1.165, 1.54) is 18.7 Å². The van der Waals surface area contributed by atoms with E-state index in [9.17, 15) is 0 Å². The van der Waals surface area contributed by atoms with Crippen LogP contribution in [0, 0.1) is 11.8 Å². The van der Waals surface area contributed by atoms with E-state index >= 15 is 0 Å². The molecule has 1 aromatic heterocycles. The van der Waals surface area contributed by atoms with E-state index in [0.29, 0.717) is 0 Å². The number of hydrogen-bond acceptors (Lipinski definition) is 2. The van der Waals surface area contributed by atoms with Crippen molar-refractivity contribution in [1.82, 2.24) is 9.77 Å². The van der Waals surface area contributed by atoms with Gasteiger partial charge in [-0.05, 0) is 36.7 Å². The molecule has 1 aromatic rings. The summed E-state index contributed by atoms with van der Waals surface area (Å²) in [4.78, 5) is 0. The summed E-state index contributed by atoms with van der Waals surface area (Å²) in [7, 11) is 1.99. The van der Waals surface area contributed by atoms with Crippen molar-refractivity contribution in [3.63, 3.8) is 0 Å². The van der Waals surface area contributed by atoms with Crippen molar-refractivity contribution in [3.05, 3.63) is 11.6 Å². The van der Waals surface area contributed by atoms with Crippen molar-refractivity contribution in [2.24, 2.45) is 11.8 Å². The third kappa shape index (κ3) is 4.51. The zero-order chi connectivity index (χ0) is 14.4. The number of aryl methyl sites for hydroxylation is 2. The predicted molar refractivity (Wildman–Crippen MR) is 79.7 cm³/mol. The van der Waals surface area contributed by atoms with Crippen LogP contribution in [0.4, 0.5) is 0 Å². The highest BCUT2D eigenvalue weighted by Gasteiger charge is 2.24. The molecule has 4 heteroatoms. The van der Waals surface area contributed by atoms with E-state index in [1.54, 1.807) is 0 Å². The molecule has 0 aliphatic heterocycles. The molecule has 0 aliphatic rings. The van der Waals surface area contributed by atoms with Gasteiger partial charge in [-0.3, -0.25) is 5.43 Å². The molecule has 0 saturated heterocycles. The van der Waals surface area contributed by atoms with Crippen LogP contribution in [-0.2, 0) is 19.4 Å². The van der Waals surface area contributed by atoms with Gasteiger partial charge >= 0.3 is 5.82 Å². The van der Waals surface area contributed by atoms with Crippen LogP contribution in [0.2, 0.25) is 0 Å². The van der Waals surface area contributed by atoms with Crippen molar-refractivity contribution in [2.75, 3.05) is 12.5 Å². The van der Waals surface area contributed by atoms with E-state index in [0.717, 1.165) is 37.0 Å². The summed E-state index contributed by atoms with van der Waals surface area (Å²) in [5.74, 6) is 3.91. The number of nitrogens with one attached hydrogen (secondary N) is 1. The van der Waals surface area contributed by atoms with Crippen LogP contribution < -0.4 is 10.1 Å². The largest absolute Gasteiger partial charge is 0.302 e. The van der Waals surface area contributed by atoms with Crippen molar-refractivity contribution in [2.45, 2.75) is 66.8 Å². The van der Waals surface area contributed by atoms with Crippen LogP contribution in [0.25, 0.3) is 0 Å². The Bertz CT molecular complexity index is 380. The number of aromatic nitrogens is 3. The molecule has 1 heterocycles. The number of hydrogen-bond donors (Lipinski definition) is 1. The van der Waals surface area contributed by atoms with Gasteiger partial charge in [0.1, 0.15) is 6.54 Å². The second-order valence-electron chi connectivity index (χ2n) is 6.07. The summed E-state index contributed by atoms with van der Waals surface area (Å²) >= 11 is 0. The molecule has 0 aromatic carbocycles. The third-order valence-electron chi connectivity index (χ3n) is 3.46. The quantitative estimate of drug-likeness (QED) is 0.734. The molecule has 1 N–H and O–H groups in total. The fraction of sp³-hybridized carbons (Fsp3) is 0.867. The monoisotopic (exact) mass is 267 g/mol. The first-order valence-corrected chi connectivity index (χ1v) is 7.67. The van der Waals surface area contributed by atoms with Crippen LogP contribution in [0.3, 0.4) is 0 Å². The van der Waals surface area contributed by atoms with Gasteiger partial charge in [-0.15, -0.1) is 9.36 Å². The minimum atomic E-state index is 0.719. The maximum atomic E-state index is 4.77. The molecule has 0 atom stereocenters. The minimum absolute atomic E-state index is 0.719. The average Bonchev–Trinajstić information content (AvgIpc) is 2.70. The molecule has 0 aliphatic carbocycles. The van der Waals surface area contributed by atoms with E-state index in [-0.39, 0.29) is 0 Å². The van der Waals surface area contributed by atoms with Crippen molar-refractivity contribution < 1.29 is 4.68 Å². The van der Waals surface area contributed by atoms with Gasteiger partial charge in [0, 0.05) is 13.5 Å². The minimum Gasteiger partial charge on any atom is -0.257 e. The van der Waals surface area contributed by atoms with Crippen molar-refractivity contribution >= 4 is 0 Å². The Kier molecular flexibility index (Phi) is 6.32. The third-order valence-corrected chi connectivity index (χ3v) is 3.46. The van der Waals surface area contributed by atoms with E-state index in [4.69, 9.17) is 5.10 Å². The molecule has 0 bridgehead atoms. The topological polar surface area (TPSA) is 33.7 Å². The maximum absolute atomic E-state index is 4.77. The van der Waals surface area contributed by atoms with Crippen LogP contribution in [-0.4, -0.2) is 16.8 Å². The molecule has 0 amide bonds. The van der Waals surface area contributed by atoms with Gasteiger partial charge in [0.05, 0.1) is 6.42 Å². The van der Waals surface area contributed by atoms with Crippen LogP contribution in [0.1, 0.15) is 59.1 Å². The molecule has 0 saturated carbocycles. The first kappa shape index (κ1) is 16.0. The summed E-state index contributed by atoms with van der Waals surface area (Å²) in [6.45, 7) is 12.2. The Morgan fingerprint density at radius 1 is 1.11 bits per heavy atom. The normalized spacial score (nSPS) is 11.6. The van der Waals surface area contributed by atoms with Gasteiger partial charge in [0.25, 0.3) is 5.82 Å². The first-order chi connectivity index (χ1) is 8.99. The second kappa shape index (κ2) is 7.51. The lowest BCUT2D eigenvalue weighted by Crippen LogP contribution is -2.40. The molecule has 0 unspecified atom stereocenters. The summed E-state index contributed by atoms with van der Waals surface area (Å²) < 4.78 is 4.34. The van der Waals surface area contributed by atoms with E-state index in [1.807, 2.05) is 7.05 Å². The standard InChI is InChI=1S/C15H31N4/c1-7-18-15(11-9-13(4)5)19(16-6)14(17-18)10-8-12(2)3/h12-13,16H,7-11H2,1-6H3/q+1. The van der Waals surface area contributed by atoms with Gasteiger partial charge in [0.2, 0.25) is 0 Å². The predicted octanol–water partition coefficient (Wildman–Crippen LogP) is 2.54. The Balaban J connectivity index is 2.92. The lowest BCUT2D eigenvalue weighted by Gasteiger charge is -2.05. The maximum Gasteiger partial charge on any atom is 0.302 e. The lowest BCUT2D eigenvalue weighted by atomic mass is 10.1. The van der Waals surface area contributed by atoms with Crippen molar-refractivity contribution in [3.8, 4) is 0 Å². The highest BCUT2D eigenvalue weighted by atomic mass is 15.5. The molecular formula is C15H31N4+. The molecule has 19 heavy (non-hydrogen) atoms. The van der Waals surface area contributed by atoms with Gasteiger partial charge in [0.15, 0.2) is 0 Å². The molecular weight excluding hydrogens is 236 g/mol. The van der Waals surface area contributed by atoms with E-state index < -0.39 is 0 Å². The van der Waals surface area contributed by atoms with Crippen LogP contribution in [0.5, 0.6) is 0 Å². The van der Waals surface area contributed by atoms with Crippen LogP contribution >= 0.6 is 0 Å². The zero-order valence-corrected chi connectivity index (χ0v) is 13.5. The molecule has 0 spiro atoms. The summed E-state index contributed by atoms with van der Waals surface area (Å²) in [6.07, 6.45) is 4.52. The SMILES string of the molecule is CC[n+]1nc(CCC(C)C)n(NC)c1CCC(C)C. The fourth-order valence-corrected chi connectivity index (χ4v) is 2.26. The smallest absolute Gasteiger partial charge is 0.257 e. The molecule has 4 nitrogen and oxygen atoms in total. The fourth-order valence-electron chi connectivity index (χ4n) is 2.26. The summed E-state index contributed by atoms with van der Waals surface area (Å²) in [6, 6.07) is 0. The van der Waals surface area contributed by atoms with Gasteiger partial charge in [-0.1, -0.05) is 27.7 Å². The molecule has 0 fully saturated rings. The van der Waals surface area contributed by atoms with Gasteiger partial charge < -0.3 is 0 Å². The van der Waals surface area contributed by atoms with E-state index in [2.05, 4.69) is 49.4 Å². The highest BCUT2D eigenvalue weighted by molar-refractivity contribution is 4.95. The lowest BCUT2D eigenvalue weighted by molar-refractivity contribution is -0.755. The Morgan fingerprint density at radius 3 is 2.16 bits per heavy atom. The molecule has 110 valence electrons. The number of nitrogens with zero attached hydrogens (tertiary/aromatic N) is 3. The molecule has 1 rings (SSSR count). The zero-order valence-electron chi connectivity index (χ0n) is 13.5. The number of rotatable bonds is 8. The molecule has 0 radical (unpaired) electrons.